The molecule has 1 aromatic heterocycles. The molecule has 1 atom stereocenters. The zero-order chi connectivity index (χ0) is 14.7. The summed E-state index contributed by atoms with van der Waals surface area (Å²) in [5, 5.41) is 3.33. The third kappa shape index (κ3) is 3.22. The SMILES string of the molecule is CCNc1cc(N2CCCC2C(C)C)nc(C(C)C)n1. The van der Waals surface area contributed by atoms with Crippen LogP contribution in [0.15, 0.2) is 6.07 Å². The van der Waals surface area contributed by atoms with E-state index in [1.165, 1.54) is 12.8 Å². The van der Waals surface area contributed by atoms with Gasteiger partial charge >= 0.3 is 0 Å². The Hall–Kier alpha value is -1.32. The van der Waals surface area contributed by atoms with Gasteiger partial charge in [0.25, 0.3) is 0 Å². The Morgan fingerprint density at radius 2 is 2.05 bits per heavy atom. The first-order valence-corrected chi connectivity index (χ1v) is 7.92. The quantitative estimate of drug-likeness (QED) is 0.891. The molecule has 1 aliphatic heterocycles. The maximum absolute atomic E-state index is 4.80. The van der Waals surface area contributed by atoms with E-state index in [0.717, 1.165) is 30.5 Å². The van der Waals surface area contributed by atoms with Gasteiger partial charge in [0, 0.05) is 31.1 Å². The molecule has 2 rings (SSSR count). The fourth-order valence-corrected chi connectivity index (χ4v) is 2.90. The van der Waals surface area contributed by atoms with Crippen LogP contribution in [0.2, 0.25) is 0 Å². The van der Waals surface area contributed by atoms with E-state index in [1.807, 2.05) is 0 Å². The molecule has 20 heavy (non-hydrogen) atoms. The molecule has 4 heteroatoms. The summed E-state index contributed by atoms with van der Waals surface area (Å²) in [4.78, 5) is 11.9. The van der Waals surface area contributed by atoms with Crippen molar-refractivity contribution in [2.24, 2.45) is 5.92 Å². The zero-order valence-corrected chi connectivity index (χ0v) is 13.5. The summed E-state index contributed by atoms with van der Waals surface area (Å²) in [5.41, 5.74) is 0. The van der Waals surface area contributed by atoms with Gasteiger partial charge in [-0.3, -0.25) is 0 Å². The van der Waals surface area contributed by atoms with Gasteiger partial charge in [0.15, 0.2) is 0 Å². The van der Waals surface area contributed by atoms with Crippen LogP contribution in [-0.4, -0.2) is 29.1 Å². The zero-order valence-electron chi connectivity index (χ0n) is 13.5. The highest BCUT2D eigenvalue weighted by Crippen LogP contribution is 2.30. The van der Waals surface area contributed by atoms with E-state index in [-0.39, 0.29) is 0 Å². The van der Waals surface area contributed by atoms with Crippen LogP contribution in [-0.2, 0) is 0 Å². The number of aromatic nitrogens is 2. The highest BCUT2D eigenvalue weighted by molar-refractivity contribution is 5.51. The highest BCUT2D eigenvalue weighted by Gasteiger charge is 2.28. The van der Waals surface area contributed by atoms with E-state index in [1.54, 1.807) is 0 Å². The fraction of sp³-hybridized carbons (Fsp3) is 0.750. The van der Waals surface area contributed by atoms with Crippen molar-refractivity contribution < 1.29 is 0 Å². The largest absolute Gasteiger partial charge is 0.370 e. The molecule has 1 aliphatic rings. The minimum Gasteiger partial charge on any atom is -0.370 e. The number of hydrogen-bond acceptors (Lipinski definition) is 4. The van der Waals surface area contributed by atoms with Crippen molar-refractivity contribution in [1.29, 1.82) is 0 Å². The molecule has 1 aromatic rings. The molecule has 1 unspecified atom stereocenters. The first kappa shape index (κ1) is 15.1. The molecule has 0 aromatic carbocycles. The topological polar surface area (TPSA) is 41.0 Å². The lowest BCUT2D eigenvalue weighted by atomic mass is 10.0. The molecule has 0 radical (unpaired) electrons. The first-order valence-electron chi connectivity index (χ1n) is 7.92. The van der Waals surface area contributed by atoms with Gasteiger partial charge in [0.2, 0.25) is 0 Å². The number of nitrogens with one attached hydrogen (secondary N) is 1. The average molecular weight is 276 g/mol. The van der Waals surface area contributed by atoms with Gasteiger partial charge in [0.1, 0.15) is 17.5 Å². The summed E-state index contributed by atoms with van der Waals surface area (Å²) in [6, 6.07) is 2.72. The van der Waals surface area contributed by atoms with E-state index < -0.39 is 0 Å². The Kier molecular flexibility index (Phi) is 4.84. The van der Waals surface area contributed by atoms with Crippen LogP contribution < -0.4 is 10.2 Å². The van der Waals surface area contributed by atoms with E-state index in [9.17, 15) is 0 Å². The van der Waals surface area contributed by atoms with Gasteiger partial charge in [0.05, 0.1) is 0 Å². The van der Waals surface area contributed by atoms with Gasteiger partial charge in [-0.25, -0.2) is 9.97 Å². The molecule has 2 heterocycles. The molecule has 0 bridgehead atoms. The highest BCUT2D eigenvalue weighted by atomic mass is 15.2. The van der Waals surface area contributed by atoms with E-state index in [4.69, 9.17) is 4.98 Å². The Bertz CT molecular complexity index is 442. The average Bonchev–Trinajstić information content (AvgIpc) is 2.88. The lowest BCUT2D eigenvalue weighted by Gasteiger charge is -2.29. The molecule has 1 fully saturated rings. The van der Waals surface area contributed by atoms with Gasteiger partial charge < -0.3 is 10.2 Å². The standard InChI is InChI=1S/C16H28N4/c1-6-17-14-10-15(19-16(18-14)12(4)5)20-9-7-8-13(20)11(2)3/h10-13H,6-9H2,1-5H3,(H,17,18,19). The second kappa shape index (κ2) is 6.42. The predicted octanol–water partition coefficient (Wildman–Crippen LogP) is 3.66. The molecular weight excluding hydrogens is 248 g/mol. The Morgan fingerprint density at radius 1 is 1.30 bits per heavy atom. The van der Waals surface area contributed by atoms with E-state index in [0.29, 0.717) is 17.9 Å². The van der Waals surface area contributed by atoms with E-state index >= 15 is 0 Å². The number of rotatable bonds is 5. The lowest BCUT2D eigenvalue weighted by Crippen LogP contribution is -2.34. The lowest BCUT2D eigenvalue weighted by molar-refractivity contribution is 0.489. The van der Waals surface area contributed by atoms with Gasteiger partial charge in [-0.05, 0) is 25.7 Å². The molecular formula is C16H28N4. The molecule has 112 valence electrons. The molecule has 0 spiro atoms. The Balaban J connectivity index is 2.34. The van der Waals surface area contributed by atoms with Crippen LogP contribution in [0.3, 0.4) is 0 Å². The van der Waals surface area contributed by atoms with Crippen molar-refractivity contribution in [2.45, 2.75) is 59.4 Å². The number of nitrogens with zero attached hydrogens (tertiary/aromatic N) is 3. The third-order valence-corrected chi connectivity index (χ3v) is 3.97. The molecule has 1 saturated heterocycles. The number of anilines is 2. The minimum atomic E-state index is 0.354. The van der Waals surface area contributed by atoms with Crippen LogP contribution in [0, 0.1) is 5.92 Å². The smallest absolute Gasteiger partial charge is 0.135 e. The van der Waals surface area contributed by atoms with Crippen molar-refractivity contribution in [2.75, 3.05) is 23.3 Å². The number of hydrogen-bond donors (Lipinski definition) is 1. The van der Waals surface area contributed by atoms with Crippen molar-refractivity contribution in [3.8, 4) is 0 Å². The van der Waals surface area contributed by atoms with Crippen LogP contribution >= 0.6 is 0 Å². The summed E-state index contributed by atoms with van der Waals surface area (Å²) in [6.45, 7) is 13.0. The van der Waals surface area contributed by atoms with Crippen molar-refractivity contribution >= 4 is 11.6 Å². The molecule has 0 amide bonds. The van der Waals surface area contributed by atoms with Crippen molar-refractivity contribution in [3.05, 3.63) is 11.9 Å². The monoisotopic (exact) mass is 276 g/mol. The van der Waals surface area contributed by atoms with Crippen LogP contribution in [0.5, 0.6) is 0 Å². The Morgan fingerprint density at radius 3 is 2.65 bits per heavy atom. The predicted molar refractivity (Wildman–Crippen MR) is 85.5 cm³/mol. The molecule has 4 nitrogen and oxygen atoms in total. The van der Waals surface area contributed by atoms with Crippen molar-refractivity contribution in [3.63, 3.8) is 0 Å². The summed E-state index contributed by atoms with van der Waals surface area (Å²) >= 11 is 0. The van der Waals surface area contributed by atoms with Gasteiger partial charge in [-0.15, -0.1) is 0 Å². The van der Waals surface area contributed by atoms with E-state index in [2.05, 4.69) is 55.9 Å². The molecule has 0 saturated carbocycles. The molecule has 0 aliphatic carbocycles. The first-order chi connectivity index (χ1) is 9.52. The van der Waals surface area contributed by atoms with Crippen LogP contribution in [0.4, 0.5) is 11.6 Å². The Labute approximate surface area is 123 Å². The summed E-state index contributed by atoms with van der Waals surface area (Å²) in [5.74, 6) is 4.00. The summed E-state index contributed by atoms with van der Waals surface area (Å²) in [6.07, 6.45) is 2.54. The summed E-state index contributed by atoms with van der Waals surface area (Å²) < 4.78 is 0. The second-order valence-corrected chi connectivity index (χ2v) is 6.30. The van der Waals surface area contributed by atoms with Crippen LogP contribution in [0.25, 0.3) is 0 Å². The molecule has 1 N–H and O–H groups in total. The maximum atomic E-state index is 4.80. The van der Waals surface area contributed by atoms with Crippen molar-refractivity contribution in [1.82, 2.24) is 9.97 Å². The van der Waals surface area contributed by atoms with Gasteiger partial charge in [-0.1, -0.05) is 27.7 Å². The summed E-state index contributed by atoms with van der Waals surface area (Å²) in [7, 11) is 0. The normalized spacial score (nSPS) is 19.1. The fourth-order valence-electron chi connectivity index (χ4n) is 2.90. The third-order valence-electron chi connectivity index (χ3n) is 3.97. The maximum Gasteiger partial charge on any atom is 0.135 e. The second-order valence-electron chi connectivity index (χ2n) is 6.30. The van der Waals surface area contributed by atoms with Crippen LogP contribution in [0.1, 0.15) is 59.2 Å². The minimum absolute atomic E-state index is 0.354. The van der Waals surface area contributed by atoms with Gasteiger partial charge in [-0.2, -0.15) is 0 Å².